The molecule has 0 radical (unpaired) electrons. The average Bonchev–Trinajstić information content (AvgIpc) is 2.67. The minimum atomic E-state index is -3.67. The maximum absolute atomic E-state index is 13.4. The number of aryl methyl sites for hydroxylation is 2. The van der Waals surface area contributed by atoms with Gasteiger partial charge in [0.25, 0.3) is 0 Å². The van der Waals surface area contributed by atoms with Crippen LogP contribution in [-0.4, -0.2) is 49.4 Å². The number of nitrogens with one attached hydrogen (secondary N) is 1. The standard InChI is InChI=1S/C22H26ClN3O4S/c1-15-5-10-19(16(2)11-15)26-20(27)13-25(31(4,29)30)14-22(26,3)21(28)24-12-17-6-8-18(23)9-7-17/h5-11H,12-14H2,1-4H3,(H,24,28). The van der Waals surface area contributed by atoms with E-state index in [9.17, 15) is 18.0 Å². The molecule has 0 saturated carbocycles. The molecular weight excluding hydrogens is 438 g/mol. The van der Waals surface area contributed by atoms with Gasteiger partial charge in [0, 0.05) is 23.8 Å². The van der Waals surface area contributed by atoms with Crippen LogP contribution in [0.5, 0.6) is 0 Å². The van der Waals surface area contributed by atoms with Crippen LogP contribution < -0.4 is 10.2 Å². The average molecular weight is 464 g/mol. The van der Waals surface area contributed by atoms with E-state index >= 15 is 0 Å². The van der Waals surface area contributed by atoms with Gasteiger partial charge in [0.05, 0.1) is 12.8 Å². The molecule has 0 bridgehead atoms. The van der Waals surface area contributed by atoms with Crippen LogP contribution >= 0.6 is 11.6 Å². The van der Waals surface area contributed by atoms with Gasteiger partial charge >= 0.3 is 0 Å². The molecule has 166 valence electrons. The lowest BCUT2D eigenvalue weighted by Crippen LogP contribution is -2.70. The van der Waals surface area contributed by atoms with Crippen molar-refractivity contribution in [3.05, 3.63) is 64.2 Å². The lowest BCUT2D eigenvalue weighted by Gasteiger charge is -2.47. The molecule has 1 aliphatic rings. The van der Waals surface area contributed by atoms with Crippen molar-refractivity contribution < 1.29 is 18.0 Å². The van der Waals surface area contributed by atoms with Crippen LogP contribution in [-0.2, 0) is 26.2 Å². The molecule has 1 N–H and O–H groups in total. The summed E-state index contributed by atoms with van der Waals surface area (Å²) >= 11 is 5.91. The fraction of sp³-hybridized carbons (Fsp3) is 0.364. The molecule has 1 fully saturated rings. The van der Waals surface area contributed by atoms with Gasteiger partial charge in [0.1, 0.15) is 5.54 Å². The summed E-state index contributed by atoms with van der Waals surface area (Å²) in [6.45, 7) is 5.17. The summed E-state index contributed by atoms with van der Waals surface area (Å²) in [5, 5.41) is 3.44. The lowest BCUT2D eigenvalue weighted by molar-refractivity contribution is -0.133. The van der Waals surface area contributed by atoms with Crippen molar-refractivity contribution in [2.75, 3.05) is 24.2 Å². The van der Waals surface area contributed by atoms with E-state index in [-0.39, 0.29) is 19.6 Å². The number of hydrogen-bond donors (Lipinski definition) is 1. The molecule has 1 saturated heterocycles. The molecule has 2 aromatic carbocycles. The molecule has 7 nitrogen and oxygen atoms in total. The van der Waals surface area contributed by atoms with Crippen molar-refractivity contribution in [2.45, 2.75) is 32.9 Å². The van der Waals surface area contributed by atoms with Gasteiger partial charge in [0.2, 0.25) is 21.8 Å². The van der Waals surface area contributed by atoms with Crippen molar-refractivity contribution in [1.29, 1.82) is 0 Å². The van der Waals surface area contributed by atoms with Gasteiger partial charge in [-0.2, -0.15) is 4.31 Å². The Kier molecular flexibility index (Phi) is 6.45. The number of amides is 2. The van der Waals surface area contributed by atoms with Crippen LogP contribution in [0.4, 0.5) is 5.69 Å². The van der Waals surface area contributed by atoms with Crippen molar-refractivity contribution in [3.63, 3.8) is 0 Å². The number of hydrogen-bond acceptors (Lipinski definition) is 4. The van der Waals surface area contributed by atoms with E-state index in [1.807, 2.05) is 26.0 Å². The summed E-state index contributed by atoms with van der Waals surface area (Å²) < 4.78 is 25.5. The molecule has 1 heterocycles. The third kappa shape index (κ3) is 4.92. The second-order valence-electron chi connectivity index (χ2n) is 8.13. The number of carbonyl (C=O) groups is 2. The number of carbonyl (C=O) groups excluding carboxylic acids is 2. The van der Waals surface area contributed by atoms with E-state index in [1.165, 1.54) is 4.90 Å². The number of anilines is 1. The summed E-state index contributed by atoms with van der Waals surface area (Å²) in [5.41, 5.74) is 1.86. The summed E-state index contributed by atoms with van der Waals surface area (Å²) in [5.74, 6) is -0.892. The quantitative estimate of drug-likeness (QED) is 0.738. The van der Waals surface area contributed by atoms with E-state index in [0.29, 0.717) is 10.7 Å². The molecule has 31 heavy (non-hydrogen) atoms. The summed E-state index contributed by atoms with van der Waals surface area (Å²) in [7, 11) is -3.67. The second kappa shape index (κ2) is 8.61. The van der Waals surface area contributed by atoms with Gasteiger partial charge in [-0.1, -0.05) is 41.4 Å². The smallest absolute Gasteiger partial charge is 0.247 e. The second-order valence-corrected chi connectivity index (χ2v) is 10.6. The Labute approximate surface area is 188 Å². The van der Waals surface area contributed by atoms with Gasteiger partial charge < -0.3 is 5.32 Å². The highest BCUT2D eigenvalue weighted by Crippen LogP contribution is 2.33. The fourth-order valence-corrected chi connectivity index (χ4v) is 4.76. The first-order chi connectivity index (χ1) is 14.4. The molecule has 9 heteroatoms. The third-order valence-corrected chi connectivity index (χ3v) is 6.90. The first-order valence-corrected chi connectivity index (χ1v) is 12.0. The van der Waals surface area contributed by atoms with Crippen molar-refractivity contribution in [3.8, 4) is 0 Å². The largest absolute Gasteiger partial charge is 0.350 e. The van der Waals surface area contributed by atoms with E-state index in [2.05, 4.69) is 5.32 Å². The van der Waals surface area contributed by atoms with Crippen molar-refractivity contribution in [2.24, 2.45) is 0 Å². The zero-order valence-electron chi connectivity index (χ0n) is 18.0. The first kappa shape index (κ1) is 23.2. The van der Waals surface area contributed by atoms with Crippen LogP contribution in [0.2, 0.25) is 5.02 Å². The number of nitrogens with zero attached hydrogens (tertiary/aromatic N) is 2. The zero-order chi connectivity index (χ0) is 23.0. The Morgan fingerprint density at radius 3 is 2.39 bits per heavy atom. The minimum Gasteiger partial charge on any atom is -0.350 e. The van der Waals surface area contributed by atoms with Gasteiger partial charge in [-0.3, -0.25) is 14.5 Å². The van der Waals surface area contributed by atoms with E-state index < -0.39 is 27.4 Å². The Hall–Kier alpha value is -2.42. The monoisotopic (exact) mass is 463 g/mol. The molecule has 3 rings (SSSR count). The maximum atomic E-state index is 13.4. The fourth-order valence-electron chi connectivity index (χ4n) is 3.81. The van der Waals surface area contributed by atoms with E-state index in [4.69, 9.17) is 11.6 Å². The SMILES string of the molecule is Cc1ccc(N2C(=O)CN(S(C)(=O)=O)CC2(C)C(=O)NCc2ccc(Cl)cc2)c(C)c1. The van der Waals surface area contributed by atoms with Crippen LogP contribution in [0.25, 0.3) is 0 Å². The van der Waals surface area contributed by atoms with E-state index in [0.717, 1.165) is 27.3 Å². The van der Waals surface area contributed by atoms with Gasteiger partial charge in [-0.25, -0.2) is 8.42 Å². The predicted octanol–water partition coefficient (Wildman–Crippen LogP) is 2.64. The van der Waals surface area contributed by atoms with Crippen molar-refractivity contribution >= 4 is 39.1 Å². The molecule has 1 atom stereocenters. The molecular formula is C22H26ClN3O4S. The van der Waals surface area contributed by atoms with Crippen LogP contribution in [0.1, 0.15) is 23.6 Å². The molecule has 0 aromatic heterocycles. The number of piperazine rings is 1. The Morgan fingerprint density at radius 2 is 1.81 bits per heavy atom. The highest BCUT2D eigenvalue weighted by molar-refractivity contribution is 7.88. The summed E-state index contributed by atoms with van der Waals surface area (Å²) in [6.07, 6.45) is 1.04. The number of rotatable bonds is 5. The zero-order valence-corrected chi connectivity index (χ0v) is 19.5. The topological polar surface area (TPSA) is 86.8 Å². The van der Waals surface area contributed by atoms with Crippen LogP contribution in [0.15, 0.2) is 42.5 Å². The van der Waals surface area contributed by atoms with Gasteiger partial charge in [0.15, 0.2) is 0 Å². The lowest BCUT2D eigenvalue weighted by atomic mass is 9.93. The highest BCUT2D eigenvalue weighted by Gasteiger charge is 2.50. The van der Waals surface area contributed by atoms with Crippen molar-refractivity contribution in [1.82, 2.24) is 9.62 Å². The van der Waals surface area contributed by atoms with Gasteiger partial charge in [-0.15, -0.1) is 0 Å². The highest BCUT2D eigenvalue weighted by atomic mass is 35.5. The number of sulfonamides is 1. The summed E-state index contributed by atoms with van der Waals surface area (Å²) in [6, 6.07) is 12.6. The molecule has 1 aliphatic heterocycles. The molecule has 1 unspecified atom stereocenters. The Balaban J connectivity index is 1.98. The maximum Gasteiger partial charge on any atom is 0.247 e. The number of halogens is 1. The van der Waals surface area contributed by atoms with E-state index in [1.54, 1.807) is 37.3 Å². The Bertz CT molecular complexity index is 1120. The Morgan fingerprint density at radius 1 is 1.16 bits per heavy atom. The number of benzene rings is 2. The molecule has 2 amide bonds. The molecule has 0 aliphatic carbocycles. The third-order valence-electron chi connectivity index (χ3n) is 5.46. The normalized spacial score (nSPS) is 20.0. The van der Waals surface area contributed by atoms with Crippen LogP contribution in [0, 0.1) is 13.8 Å². The molecule has 0 spiro atoms. The summed E-state index contributed by atoms with van der Waals surface area (Å²) in [4.78, 5) is 28.0. The van der Waals surface area contributed by atoms with Gasteiger partial charge in [-0.05, 0) is 50.1 Å². The van der Waals surface area contributed by atoms with Crippen LogP contribution in [0.3, 0.4) is 0 Å². The first-order valence-electron chi connectivity index (χ1n) is 9.80. The minimum absolute atomic E-state index is 0.142. The predicted molar refractivity (Wildman–Crippen MR) is 122 cm³/mol. The molecule has 2 aromatic rings.